The van der Waals surface area contributed by atoms with Crippen LogP contribution in [-0.2, 0) is 30.7 Å². The minimum atomic E-state index is 0. The van der Waals surface area contributed by atoms with E-state index in [0.717, 1.165) is 17.8 Å². The van der Waals surface area contributed by atoms with Gasteiger partial charge in [-0.2, -0.15) is 35.9 Å². The molecule has 0 N–H and O–H groups in total. The molecule has 2 aliphatic rings. The van der Waals surface area contributed by atoms with Crippen LogP contribution in [0.4, 0.5) is 0 Å². The number of fused-ring (bicyclic) bond motifs is 3. The van der Waals surface area contributed by atoms with Crippen LogP contribution in [0, 0.1) is 18.1 Å². The number of hydrogen-bond acceptors (Lipinski definition) is 1. The minimum absolute atomic E-state index is 0. The molecule has 1 atom stereocenters. The Morgan fingerprint density at radius 1 is 0.750 bits per heavy atom. The van der Waals surface area contributed by atoms with Crippen LogP contribution in [-0.4, -0.2) is 3.21 Å². The van der Waals surface area contributed by atoms with Crippen molar-refractivity contribution in [3.63, 3.8) is 0 Å². The number of furan rings is 1. The maximum absolute atomic E-state index is 5.23. The Morgan fingerprint density at radius 3 is 1.98 bits per heavy atom. The van der Waals surface area contributed by atoms with Crippen molar-refractivity contribution < 1.29 is 53.5 Å². The van der Waals surface area contributed by atoms with Crippen LogP contribution >= 0.6 is 0 Å². The fourth-order valence-electron chi connectivity index (χ4n) is 4.56. The quantitative estimate of drug-likeness (QED) is 0.272. The summed E-state index contributed by atoms with van der Waals surface area (Å²) in [5.74, 6) is 1.36. The number of benzene rings is 4. The molecule has 0 radical (unpaired) electrons. The summed E-state index contributed by atoms with van der Waals surface area (Å²) < 4.78 is 6.64. The molecule has 0 amide bonds. The zero-order chi connectivity index (χ0) is 26.2. The molecule has 40 heavy (non-hydrogen) atoms. The summed E-state index contributed by atoms with van der Waals surface area (Å²) in [7, 11) is 0. The molecule has 0 spiro atoms. The predicted octanol–water partition coefficient (Wildman–Crippen LogP) is 2.54. The van der Waals surface area contributed by atoms with Crippen molar-refractivity contribution in [2.75, 3.05) is 0 Å². The molecule has 0 aliphatic heterocycles. The average Bonchev–Trinajstić information content (AvgIpc) is 3.74. The van der Waals surface area contributed by atoms with Gasteiger partial charge in [0.05, 0.1) is 12.0 Å². The summed E-state index contributed by atoms with van der Waals surface area (Å²) in [6.07, 6.45) is 10.0. The Labute approximate surface area is 264 Å². The van der Waals surface area contributed by atoms with Crippen LogP contribution in [0.1, 0.15) is 34.9 Å². The maximum atomic E-state index is 5.23. The van der Waals surface area contributed by atoms with E-state index in [0.29, 0.717) is 5.92 Å². The Bertz CT molecular complexity index is 1470. The van der Waals surface area contributed by atoms with Gasteiger partial charge in [0, 0.05) is 0 Å². The van der Waals surface area contributed by atoms with Crippen LogP contribution in [0.5, 0.6) is 0 Å². The largest absolute Gasteiger partial charge is 0.179 e. The van der Waals surface area contributed by atoms with Gasteiger partial charge in [-0.1, -0.05) is 48.2 Å². The average molecular weight is 639 g/mol. The van der Waals surface area contributed by atoms with Gasteiger partial charge in [-0.05, 0) is 18.6 Å². The summed E-state index contributed by atoms with van der Waals surface area (Å²) in [6, 6.07) is 43.1. The van der Waals surface area contributed by atoms with Gasteiger partial charge in [-0.15, -0.1) is 11.1 Å². The van der Waals surface area contributed by atoms with E-state index >= 15 is 0 Å². The molecule has 1 aromatic heterocycles. The molecule has 0 saturated carbocycles. The van der Waals surface area contributed by atoms with Crippen LogP contribution in [0.25, 0.3) is 16.7 Å². The first-order valence-corrected chi connectivity index (χ1v) is 14.0. The Kier molecular flexibility index (Phi) is 12.3. The molecule has 5 aromatic rings. The standard InChI is InChI=1S/C13H9.C13H10.C10H9O.2ClH.Zr/c1-3-7-12-10(5-1)9-11-6-2-4-8-13(11)12;1-3-7-12(8-4-1)11-13-9-5-2-6-10-13;1-8-4-5-9(7-8)10-3-2-6-11-10;;;/h1-5,7-8H,9H2;1-10H;2-3,5-8H,1H3;2*1H;/q-1;;-1;;;+2/p-2. The normalized spacial score (nSPS) is 13.6. The second-order valence-electron chi connectivity index (χ2n) is 9.20. The molecule has 2 aliphatic carbocycles. The molecule has 0 bridgehead atoms. The second-order valence-corrected chi connectivity index (χ2v) is 10.4. The number of rotatable bonds is 3. The van der Waals surface area contributed by atoms with Crippen molar-refractivity contribution in [3.8, 4) is 11.1 Å². The van der Waals surface area contributed by atoms with E-state index in [1.165, 1.54) is 60.8 Å². The van der Waals surface area contributed by atoms with Crippen molar-refractivity contribution in [1.82, 2.24) is 0 Å². The summed E-state index contributed by atoms with van der Waals surface area (Å²) in [4.78, 5) is 0. The van der Waals surface area contributed by atoms with E-state index in [-0.39, 0.29) is 24.8 Å². The molecule has 4 heteroatoms. The van der Waals surface area contributed by atoms with Gasteiger partial charge < -0.3 is 29.2 Å². The molecule has 1 unspecified atom stereocenters. The first kappa shape index (κ1) is 31.5. The van der Waals surface area contributed by atoms with Crippen LogP contribution < -0.4 is 24.8 Å². The molecule has 1 heterocycles. The third kappa shape index (κ3) is 8.01. The van der Waals surface area contributed by atoms with E-state index in [4.69, 9.17) is 4.42 Å². The predicted molar refractivity (Wildman–Crippen MR) is 153 cm³/mol. The molecular weight excluding hydrogens is 611 g/mol. The summed E-state index contributed by atoms with van der Waals surface area (Å²) >= 11 is 1.46. The van der Waals surface area contributed by atoms with Crippen molar-refractivity contribution in [3.05, 3.63) is 174 Å². The number of hydrogen-bond donors (Lipinski definition) is 0. The third-order valence-corrected chi connectivity index (χ3v) is 7.90. The SMILES string of the molecule is CC1[C-]=CC(c2ccco2)=C1.[Cl-].[Cl-].[Zr+2]=[C](c1ccccc1)c1ccccc1.[c-]1cccc2c1Cc1ccccc1-2. The molecule has 0 fully saturated rings. The Balaban J connectivity index is 0.000000162. The Hall–Kier alpha value is -3.03. The van der Waals surface area contributed by atoms with E-state index in [9.17, 15) is 0 Å². The summed E-state index contributed by atoms with van der Waals surface area (Å²) in [5.41, 5.74) is 9.31. The topological polar surface area (TPSA) is 13.1 Å². The van der Waals surface area contributed by atoms with Crippen molar-refractivity contribution >= 4 is 8.78 Å². The van der Waals surface area contributed by atoms with Crippen molar-refractivity contribution in [2.45, 2.75) is 13.3 Å². The fraction of sp³-hybridized carbons (Fsp3) is 0.0833. The maximum Gasteiger partial charge on any atom is -0.0253 e. The minimum Gasteiger partial charge on any atom is -0.179 e. The first-order valence-electron chi connectivity index (χ1n) is 12.8. The van der Waals surface area contributed by atoms with E-state index < -0.39 is 0 Å². The van der Waals surface area contributed by atoms with Gasteiger partial charge in [0.2, 0.25) is 0 Å². The van der Waals surface area contributed by atoms with Gasteiger partial charge in [0.1, 0.15) is 0 Å². The van der Waals surface area contributed by atoms with E-state index in [2.05, 4.69) is 122 Å². The van der Waals surface area contributed by atoms with Crippen LogP contribution in [0.2, 0.25) is 0 Å². The van der Waals surface area contributed by atoms with Gasteiger partial charge in [-0.25, -0.2) is 6.08 Å². The molecule has 7 rings (SSSR count). The first-order chi connectivity index (χ1) is 18.7. The van der Waals surface area contributed by atoms with E-state index in [1.807, 2.05) is 24.3 Å². The molecular formula is C36H28Cl2OZr-2. The third-order valence-electron chi connectivity index (χ3n) is 6.48. The zero-order valence-corrected chi connectivity index (χ0v) is 26.1. The smallest absolute Gasteiger partial charge is 0.0253 e. The van der Waals surface area contributed by atoms with E-state index in [1.54, 1.807) is 6.26 Å². The fourth-order valence-corrected chi connectivity index (χ4v) is 5.38. The van der Waals surface area contributed by atoms with Gasteiger partial charge in [-0.3, -0.25) is 6.08 Å². The molecule has 0 saturated heterocycles. The van der Waals surface area contributed by atoms with Crippen molar-refractivity contribution in [1.29, 1.82) is 0 Å². The number of halogens is 2. The second kappa shape index (κ2) is 15.7. The van der Waals surface area contributed by atoms with Crippen LogP contribution in [0.15, 0.2) is 138 Å². The van der Waals surface area contributed by atoms with Gasteiger partial charge in [0.25, 0.3) is 0 Å². The summed E-state index contributed by atoms with van der Waals surface area (Å²) in [6.45, 7) is 2.10. The van der Waals surface area contributed by atoms with Crippen molar-refractivity contribution in [2.24, 2.45) is 5.92 Å². The van der Waals surface area contributed by atoms with Gasteiger partial charge >= 0.3 is 99.2 Å². The Morgan fingerprint density at radius 2 is 1.38 bits per heavy atom. The molecule has 198 valence electrons. The molecule has 4 aromatic carbocycles. The summed E-state index contributed by atoms with van der Waals surface area (Å²) in [5, 5.41) is 0. The number of allylic oxidation sites excluding steroid dienone is 4. The van der Waals surface area contributed by atoms with Crippen LogP contribution in [0.3, 0.4) is 0 Å². The molecule has 1 nitrogen and oxygen atoms in total. The zero-order valence-electron chi connectivity index (χ0n) is 22.2. The monoisotopic (exact) mass is 636 g/mol. The van der Waals surface area contributed by atoms with Gasteiger partial charge in [0.15, 0.2) is 0 Å².